The summed E-state index contributed by atoms with van der Waals surface area (Å²) in [5.74, 6) is 2.75. The maximum absolute atomic E-state index is 6.12. The fourth-order valence-electron chi connectivity index (χ4n) is 3.98. The Kier molecular flexibility index (Phi) is 5.64. The Morgan fingerprint density at radius 1 is 1.30 bits per heavy atom. The molecule has 0 saturated carbocycles. The molecule has 0 bridgehead atoms. The van der Waals surface area contributed by atoms with Crippen LogP contribution in [0.1, 0.15) is 50.6 Å². The van der Waals surface area contributed by atoms with Gasteiger partial charge in [0.2, 0.25) is 6.79 Å². The second-order valence-corrected chi connectivity index (χ2v) is 7.41. The summed E-state index contributed by atoms with van der Waals surface area (Å²) in [6.07, 6.45) is 8.22. The number of benzene rings is 1. The molecule has 2 aliphatic rings. The molecular weight excluding hydrogens is 342 g/mol. The van der Waals surface area contributed by atoms with Crippen molar-refractivity contribution in [1.82, 2.24) is 14.9 Å². The molecule has 0 aliphatic carbocycles. The van der Waals surface area contributed by atoms with Gasteiger partial charge < -0.3 is 24.1 Å². The number of aryl methyl sites for hydroxylation is 2. The van der Waals surface area contributed by atoms with E-state index in [0.717, 1.165) is 56.2 Å². The Morgan fingerprint density at radius 2 is 2.19 bits per heavy atom. The topological polar surface area (TPSA) is 57.5 Å². The zero-order chi connectivity index (χ0) is 18.6. The lowest BCUT2D eigenvalue weighted by Gasteiger charge is -2.34. The molecule has 3 heterocycles. The summed E-state index contributed by atoms with van der Waals surface area (Å²) in [6.45, 7) is 6.45. The maximum Gasteiger partial charge on any atom is 0.231 e. The predicted molar refractivity (Wildman–Crippen MR) is 103 cm³/mol. The lowest BCUT2D eigenvalue weighted by molar-refractivity contribution is -0.0205. The second-order valence-electron chi connectivity index (χ2n) is 7.41. The normalized spacial score (nSPS) is 22.7. The highest BCUT2D eigenvalue weighted by Crippen LogP contribution is 2.33. The molecule has 1 fully saturated rings. The molecule has 0 spiro atoms. The van der Waals surface area contributed by atoms with Crippen LogP contribution in [0.3, 0.4) is 0 Å². The third kappa shape index (κ3) is 4.12. The lowest BCUT2D eigenvalue weighted by Crippen LogP contribution is -2.44. The van der Waals surface area contributed by atoms with Crippen LogP contribution < -0.4 is 14.8 Å². The second kappa shape index (κ2) is 8.31. The molecule has 27 heavy (non-hydrogen) atoms. The van der Waals surface area contributed by atoms with E-state index in [2.05, 4.69) is 40.8 Å². The monoisotopic (exact) mass is 371 g/mol. The Balaban J connectivity index is 1.35. The smallest absolute Gasteiger partial charge is 0.231 e. The van der Waals surface area contributed by atoms with Crippen LogP contribution in [-0.2, 0) is 17.7 Å². The van der Waals surface area contributed by atoms with Crippen molar-refractivity contribution in [2.45, 2.75) is 64.3 Å². The molecule has 6 heteroatoms. The first-order valence-corrected chi connectivity index (χ1v) is 10.0. The van der Waals surface area contributed by atoms with E-state index in [1.165, 1.54) is 5.56 Å². The van der Waals surface area contributed by atoms with Gasteiger partial charge in [0.1, 0.15) is 11.9 Å². The molecule has 6 nitrogen and oxygen atoms in total. The van der Waals surface area contributed by atoms with Gasteiger partial charge in [-0.2, -0.15) is 0 Å². The largest absolute Gasteiger partial charge is 0.454 e. The van der Waals surface area contributed by atoms with Crippen molar-refractivity contribution >= 4 is 0 Å². The lowest BCUT2D eigenvalue weighted by atomic mass is 9.99. The van der Waals surface area contributed by atoms with Crippen LogP contribution in [0.4, 0.5) is 0 Å². The van der Waals surface area contributed by atoms with Gasteiger partial charge in [-0.1, -0.05) is 6.07 Å². The van der Waals surface area contributed by atoms with Crippen LogP contribution in [0.5, 0.6) is 11.5 Å². The van der Waals surface area contributed by atoms with Gasteiger partial charge in [-0.3, -0.25) is 0 Å². The molecule has 1 aromatic carbocycles. The summed E-state index contributed by atoms with van der Waals surface area (Å²) < 4.78 is 19.2. The van der Waals surface area contributed by atoms with Crippen LogP contribution in [0.15, 0.2) is 30.6 Å². The molecule has 146 valence electrons. The molecule has 1 N–H and O–H groups in total. The van der Waals surface area contributed by atoms with E-state index >= 15 is 0 Å². The molecule has 2 aliphatic heterocycles. The van der Waals surface area contributed by atoms with E-state index in [9.17, 15) is 0 Å². The van der Waals surface area contributed by atoms with Gasteiger partial charge in [-0.15, -0.1) is 0 Å². The molecule has 3 atom stereocenters. The van der Waals surface area contributed by atoms with E-state index < -0.39 is 0 Å². The van der Waals surface area contributed by atoms with E-state index in [1.807, 2.05) is 18.5 Å². The minimum atomic E-state index is 0.0293. The van der Waals surface area contributed by atoms with E-state index in [1.54, 1.807) is 0 Å². The summed E-state index contributed by atoms with van der Waals surface area (Å²) in [7, 11) is 0. The van der Waals surface area contributed by atoms with Gasteiger partial charge in [0.05, 0.1) is 0 Å². The summed E-state index contributed by atoms with van der Waals surface area (Å²) >= 11 is 0. The first-order chi connectivity index (χ1) is 13.2. The van der Waals surface area contributed by atoms with Gasteiger partial charge in [-0.25, -0.2) is 4.98 Å². The zero-order valence-corrected chi connectivity index (χ0v) is 16.2. The van der Waals surface area contributed by atoms with E-state index in [4.69, 9.17) is 14.2 Å². The first kappa shape index (κ1) is 18.3. The van der Waals surface area contributed by atoms with Crippen molar-refractivity contribution in [3.63, 3.8) is 0 Å². The number of rotatable bonds is 7. The standard InChI is InChI=1S/C21H29N3O3/c1-3-24-11-10-22-21(24)20-17(5-4-12-25-20)23-15(2)6-7-16-8-9-18-19(13-16)27-14-26-18/h8-11,13,15,17,20,23H,3-7,12,14H2,1-2H3/t15?,17-,20-/m0/s1. The maximum atomic E-state index is 6.12. The van der Waals surface area contributed by atoms with Crippen LogP contribution in [0.25, 0.3) is 0 Å². The zero-order valence-electron chi connectivity index (χ0n) is 16.2. The minimum absolute atomic E-state index is 0.0293. The number of hydrogen-bond acceptors (Lipinski definition) is 5. The van der Waals surface area contributed by atoms with Crippen molar-refractivity contribution in [3.05, 3.63) is 42.0 Å². The Hall–Kier alpha value is -2.05. The van der Waals surface area contributed by atoms with Crippen molar-refractivity contribution in [1.29, 1.82) is 0 Å². The molecule has 0 amide bonds. The number of nitrogens with zero attached hydrogens (tertiary/aromatic N) is 2. The Morgan fingerprint density at radius 3 is 3.07 bits per heavy atom. The highest BCUT2D eigenvalue weighted by molar-refractivity contribution is 5.44. The SMILES string of the molecule is CCn1ccnc1[C@H]1OCCC[C@@H]1NC(C)CCc1ccc2c(c1)OCO2. The fraction of sp³-hybridized carbons (Fsp3) is 0.571. The van der Waals surface area contributed by atoms with Crippen molar-refractivity contribution in [2.24, 2.45) is 0 Å². The summed E-state index contributed by atoms with van der Waals surface area (Å²) in [5, 5.41) is 3.80. The minimum Gasteiger partial charge on any atom is -0.454 e. The summed E-state index contributed by atoms with van der Waals surface area (Å²) in [5.41, 5.74) is 1.28. The van der Waals surface area contributed by atoms with Gasteiger partial charge in [-0.05, 0) is 57.2 Å². The van der Waals surface area contributed by atoms with Crippen molar-refractivity contribution in [2.75, 3.05) is 13.4 Å². The molecule has 4 rings (SSSR count). The molecule has 1 saturated heterocycles. The summed E-state index contributed by atoms with van der Waals surface area (Å²) in [4.78, 5) is 4.57. The number of nitrogens with one attached hydrogen (secondary N) is 1. The van der Waals surface area contributed by atoms with Crippen LogP contribution in [-0.4, -0.2) is 35.0 Å². The highest BCUT2D eigenvalue weighted by Gasteiger charge is 2.31. The molecule has 1 unspecified atom stereocenters. The number of ether oxygens (including phenoxy) is 3. The van der Waals surface area contributed by atoms with Gasteiger partial charge >= 0.3 is 0 Å². The predicted octanol–water partition coefficient (Wildman–Crippen LogP) is 3.46. The average molecular weight is 371 g/mol. The molecule has 0 radical (unpaired) electrons. The van der Waals surface area contributed by atoms with E-state index in [0.29, 0.717) is 18.9 Å². The van der Waals surface area contributed by atoms with Gasteiger partial charge in [0, 0.05) is 37.6 Å². The Labute approximate surface area is 160 Å². The highest BCUT2D eigenvalue weighted by atomic mass is 16.7. The quantitative estimate of drug-likeness (QED) is 0.808. The average Bonchev–Trinajstić information content (AvgIpc) is 3.35. The van der Waals surface area contributed by atoms with Crippen LogP contribution in [0.2, 0.25) is 0 Å². The number of aromatic nitrogens is 2. The van der Waals surface area contributed by atoms with Crippen LogP contribution >= 0.6 is 0 Å². The van der Waals surface area contributed by atoms with Crippen molar-refractivity contribution < 1.29 is 14.2 Å². The van der Waals surface area contributed by atoms with Crippen LogP contribution in [0, 0.1) is 0 Å². The van der Waals surface area contributed by atoms with Gasteiger partial charge in [0.25, 0.3) is 0 Å². The van der Waals surface area contributed by atoms with E-state index in [-0.39, 0.29) is 6.10 Å². The number of fused-ring (bicyclic) bond motifs is 1. The summed E-state index contributed by atoms with van der Waals surface area (Å²) in [6, 6.07) is 6.93. The number of hydrogen-bond donors (Lipinski definition) is 1. The first-order valence-electron chi connectivity index (χ1n) is 10.0. The molecular formula is C21H29N3O3. The third-order valence-corrected chi connectivity index (χ3v) is 5.47. The number of imidazole rings is 1. The Bertz CT molecular complexity index is 761. The molecule has 1 aromatic heterocycles. The van der Waals surface area contributed by atoms with Crippen molar-refractivity contribution in [3.8, 4) is 11.5 Å². The molecule has 2 aromatic rings. The van der Waals surface area contributed by atoms with Gasteiger partial charge in [0.15, 0.2) is 11.5 Å². The third-order valence-electron chi connectivity index (χ3n) is 5.47. The fourth-order valence-corrected chi connectivity index (χ4v) is 3.98.